The van der Waals surface area contributed by atoms with E-state index in [9.17, 15) is 10.1 Å². The minimum atomic E-state index is -0.508. The molecule has 6 nitrogen and oxygen atoms in total. The lowest BCUT2D eigenvalue weighted by Crippen LogP contribution is -2.44. The van der Waals surface area contributed by atoms with Crippen LogP contribution in [0, 0.1) is 29.6 Å². The average molecular weight is 371 g/mol. The summed E-state index contributed by atoms with van der Waals surface area (Å²) in [6.45, 7) is 5.15. The van der Waals surface area contributed by atoms with Crippen LogP contribution in [0.3, 0.4) is 0 Å². The summed E-state index contributed by atoms with van der Waals surface area (Å²) in [5.41, 5.74) is 3.20. The van der Waals surface area contributed by atoms with Gasteiger partial charge in [-0.05, 0) is 36.8 Å². The van der Waals surface area contributed by atoms with Crippen LogP contribution in [0.5, 0.6) is 0 Å². The molecular weight excluding hydrogens is 350 g/mol. The molecule has 0 atom stereocenters. The summed E-state index contributed by atoms with van der Waals surface area (Å²) in [5.74, 6) is -0.508. The van der Waals surface area contributed by atoms with Gasteiger partial charge in [0.05, 0.1) is 11.3 Å². The number of hydrogen-bond acceptors (Lipinski definition) is 5. The number of benzene rings is 2. The topological polar surface area (TPSA) is 83.2 Å². The summed E-state index contributed by atoms with van der Waals surface area (Å²) in [6.07, 6.45) is 1.61. The van der Waals surface area contributed by atoms with Crippen LogP contribution < -0.4 is 10.2 Å². The fourth-order valence-corrected chi connectivity index (χ4v) is 3.13. The molecule has 1 heterocycles. The summed E-state index contributed by atoms with van der Waals surface area (Å²) >= 11 is 0. The molecule has 0 saturated carbocycles. The van der Waals surface area contributed by atoms with Crippen LogP contribution in [0.25, 0.3) is 0 Å². The van der Waals surface area contributed by atoms with Crippen LogP contribution in [0.4, 0.5) is 11.4 Å². The van der Waals surface area contributed by atoms with Crippen LogP contribution in [0.1, 0.15) is 11.1 Å². The van der Waals surface area contributed by atoms with Gasteiger partial charge in [-0.2, -0.15) is 10.5 Å². The molecular formula is C22H21N5O. The Morgan fingerprint density at radius 1 is 1.07 bits per heavy atom. The number of nitrogens with zero attached hydrogens (tertiary/aromatic N) is 4. The van der Waals surface area contributed by atoms with Crippen molar-refractivity contribution in [2.75, 3.05) is 36.4 Å². The first-order chi connectivity index (χ1) is 13.6. The van der Waals surface area contributed by atoms with E-state index in [-0.39, 0.29) is 5.57 Å². The van der Waals surface area contributed by atoms with Crippen LogP contribution >= 0.6 is 0 Å². The molecule has 0 aromatic heterocycles. The molecule has 3 rings (SSSR count). The Labute approximate surface area is 164 Å². The molecule has 0 aliphatic carbocycles. The summed E-state index contributed by atoms with van der Waals surface area (Å²) in [7, 11) is 0. The highest BCUT2D eigenvalue weighted by Gasteiger charge is 2.18. The van der Waals surface area contributed by atoms with Crippen molar-refractivity contribution in [3.63, 3.8) is 0 Å². The molecule has 28 heavy (non-hydrogen) atoms. The molecule has 2 aromatic carbocycles. The fourth-order valence-electron chi connectivity index (χ4n) is 3.13. The van der Waals surface area contributed by atoms with Gasteiger partial charge in [0.15, 0.2) is 0 Å². The second-order valence-electron chi connectivity index (χ2n) is 6.63. The van der Waals surface area contributed by atoms with Crippen molar-refractivity contribution in [2.45, 2.75) is 6.92 Å². The van der Waals surface area contributed by atoms with Gasteiger partial charge in [0.2, 0.25) is 0 Å². The Morgan fingerprint density at radius 3 is 2.50 bits per heavy atom. The van der Waals surface area contributed by atoms with E-state index < -0.39 is 5.91 Å². The number of carbonyl (C=O) groups excluding carboxylic acids is 1. The van der Waals surface area contributed by atoms with Gasteiger partial charge in [-0.15, -0.1) is 0 Å². The third-order valence-corrected chi connectivity index (χ3v) is 4.65. The zero-order chi connectivity index (χ0) is 19.9. The number of carbonyl (C=O) groups is 1. The van der Waals surface area contributed by atoms with Gasteiger partial charge in [0.1, 0.15) is 17.7 Å². The second kappa shape index (κ2) is 8.75. The Balaban J connectivity index is 1.64. The number of nitriles is 2. The molecule has 0 radical (unpaired) electrons. The second-order valence-corrected chi connectivity index (χ2v) is 6.63. The van der Waals surface area contributed by atoms with E-state index in [0.29, 0.717) is 11.3 Å². The lowest BCUT2D eigenvalue weighted by atomic mass is 10.1. The maximum atomic E-state index is 12.5. The van der Waals surface area contributed by atoms with Gasteiger partial charge in [-0.1, -0.05) is 24.3 Å². The third-order valence-electron chi connectivity index (χ3n) is 4.65. The Morgan fingerprint density at radius 2 is 1.82 bits per heavy atom. The predicted octanol–water partition coefficient (Wildman–Crippen LogP) is 3.03. The summed E-state index contributed by atoms with van der Waals surface area (Å²) in [5, 5.41) is 21.2. The number of hydrogen-bond donors (Lipinski definition) is 1. The maximum Gasteiger partial charge on any atom is 0.267 e. The maximum absolute atomic E-state index is 12.5. The van der Waals surface area contributed by atoms with Crippen molar-refractivity contribution in [3.8, 4) is 12.1 Å². The molecule has 1 amide bonds. The van der Waals surface area contributed by atoms with Gasteiger partial charge >= 0.3 is 0 Å². The van der Waals surface area contributed by atoms with E-state index in [1.54, 1.807) is 30.5 Å². The molecule has 140 valence electrons. The van der Waals surface area contributed by atoms with E-state index in [2.05, 4.69) is 35.3 Å². The summed E-state index contributed by atoms with van der Waals surface area (Å²) in [6, 6.07) is 19.1. The molecule has 0 unspecified atom stereocenters. The van der Waals surface area contributed by atoms with Crippen LogP contribution in [0.2, 0.25) is 0 Å². The number of para-hydroxylation sites is 1. The minimum absolute atomic E-state index is 0.0248. The standard InChI is InChI=1S/C22H21N5O/c1-17-5-4-7-20(13-17)27-11-9-26(10-12-27)16-19(15-24)22(28)25-21-8-3-2-6-18(21)14-23/h2-8,13,16H,9-12H2,1H3,(H,25,28)/b19-16-. The van der Waals surface area contributed by atoms with Crippen molar-refractivity contribution < 1.29 is 4.79 Å². The van der Waals surface area contributed by atoms with Gasteiger partial charge in [-0.25, -0.2) is 0 Å². The zero-order valence-electron chi connectivity index (χ0n) is 15.7. The SMILES string of the molecule is Cc1cccc(N2CCN(/C=C(/C#N)C(=O)Nc3ccccc3C#N)CC2)c1. The highest BCUT2D eigenvalue weighted by atomic mass is 16.1. The minimum Gasteiger partial charge on any atom is -0.373 e. The molecule has 1 aliphatic heterocycles. The number of rotatable bonds is 4. The fraction of sp³-hybridized carbons (Fsp3) is 0.227. The van der Waals surface area contributed by atoms with Crippen molar-refractivity contribution >= 4 is 17.3 Å². The monoisotopic (exact) mass is 371 g/mol. The van der Waals surface area contributed by atoms with Gasteiger partial charge < -0.3 is 15.1 Å². The van der Waals surface area contributed by atoms with Crippen molar-refractivity contribution in [1.29, 1.82) is 10.5 Å². The number of piperazine rings is 1. The highest BCUT2D eigenvalue weighted by Crippen LogP contribution is 2.19. The molecule has 1 aliphatic rings. The van der Waals surface area contributed by atoms with Crippen LogP contribution in [-0.4, -0.2) is 37.0 Å². The molecule has 0 spiro atoms. The lowest BCUT2D eigenvalue weighted by molar-refractivity contribution is -0.112. The first-order valence-corrected chi connectivity index (χ1v) is 9.09. The van der Waals surface area contributed by atoms with Crippen molar-refractivity contribution in [1.82, 2.24) is 4.90 Å². The molecule has 1 N–H and O–H groups in total. The van der Waals surface area contributed by atoms with E-state index >= 15 is 0 Å². The molecule has 1 fully saturated rings. The largest absolute Gasteiger partial charge is 0.373 e. The molecule has 6 heteroatoms. The summed E-state index contributed by atoms with van der Waals surface area (Å²) in [4.78, 5) is 16.7. The number of aryl methyl sites for hydroxylation is 1. The highest BCUT2D eigenvalue weighted by molar-refractivity contribution is 6.07. The molecule has 0 bridgehead atoms. The van der Waals surface area contributed by atoms with Gasteiger partial charge in [0.25, 0.3) is 5.91 Å². The Kier molecular flexibility index (Phi) is 5.94. The van der Waals surface area contributed by atoms with E-state index in [1.165, 1.54) is 11.3 Å². The smallest absolute Gasteiger partial charge is 0.267 e. The van der Waals surface area contributed by atoms with Gasteiger partial charge in [0, 0.05) is 38.1 Å². The average Bonchev–Trinajstić information content (AvgIpc) is 2.72. The normalized spacial score (nSPS) is 14.2. The third kappa shape index (κ3) is 4.49. The number of nitrogens with one attached hydrogen (secondary N) is 1. The lowest BCUT2D eigenvalue weighted by Gasteiger charge is -2.35. The van der Waals surface area contributed by atoms with E-state index in [4.69, 9.17) is 5.26 Å². The van der Waals surface area contributed by atoms with E-state index in [1.807, 2.05) is 23.1 Å². The zero-order valence-corrected chi connectivity index (χ0v) is 15.7. The molecule has 2 aromatic rings. The predicted molar refractivity (Wildman–Crippen MR) is 108 cm³/mol. The van der Waals surface area contributed by atoms with Crippen molar-refractivity contribution in [3.05, 3.63) is 71.4 Å². The summed E-state index contributed by atoms with van der Waals surface area (Å²) < 4.78 is 0. The first kappa shape index (κ1) is 19.0. The van der Waals surface area contributed by atoms with Crippen molar-refractivity contribution in [2.24, 2.45) is 0 Å². The first-order valence-electron chi connectivity index (χ1n) is 9.09. The Bertz CT molecular complexity index is 975. The number of amides is 1. The quantitative estimate of drug-likeness (QED) is 0.660. The molecule has 1 saturated heterocycles. The van der Waals surface area contributed by atoms with E-state index in [0.717, 1.165) is 26.2 Å². The van der Waals surface area contributed by atoms with Crippen LogP contribution in [0.15, 0.2) is 60.3 Å². The van der Waals surface area contributed by atoms with Gasteiger partial charge in [-0.3, -0.25) is 4.79 Å². The number of anilines is 2. The Hall–Kier alpha value is -3.77. The van der Waals surface area contributed by atoms with Crippen LogP contribution in [-0.2, 0) is 4.79 Å².